The van der Waals surface area contributed by atoms with Crippen LogP contribution in [0.5, 0.6) is 11.5 Å². The number of ether oxygens (including phenoxy) is 3. The SMILES string of the molecule is COP(=O)(O)C1NCCCNC(P(=O)(O)OC)c2ccccc2OCCOCCOc2ccccc21. The maximum atomic E-state index is 12.9. The molecule has 0 amide bonds. The second-order valence-corrected chi connectivity index (χ2v) is 12.0. The van der Waals surface area contributed by atoms with E-state index in [1.165, 1.54) is 14.2 Å². The lowest BCUT2D eigenvalue weighted by Gasteiger charge is -2.26. The number of benzene rings is 2. The van der Waals surface area contributed by atoms with Crippen LogP contribution in [0.1, 0.15) is 29.1 Å². The monoisotopic (exact) mass is 544 g/mol. The number of hydrogen-bond donors (Lipinski definition) is 4. The van der Waals surface area contributed by atoms with Crippen LogP contribution in [-0.2, 0) is 22.9 Å². The molecule has 1 aliphatic heterocycles. The van der Waals surface area contributed by atoms with Gasteiger partial charge in [0.25, 0.3) is 0 Å². The highest BCUT2D eigenvalue weighted by molar-refractivity contribution is 7.53. The fraction of sp³-hybridized carbons (Fsp3) is 0.478. The molecule has 200 valence electrons. The summed E-state index contributed by atoms with van der Waals surface area (Å²) < 4.78 is 52.9. The number of fused-ring (bicyclic) bond motifs is 2. The molecule has 2 aromatic rings. The van der Waals surface area contributed by atoms with Crippen molar-refractivity contribution in [1.82, 2.24) is 10.6 Å². The molecule has 4 N–H and O–H groups in total. The van der Waals surface area contributed by atoms with Crippen molar-refractivity contribution in [1.29, 1.82) is 0 Å². The minimum Gasteiger partial charge on any atom is -0.491 e. The molecule has 36 heavy (non-hydrogen) atoms. The molecule has 0 aromatic heterocycles. The van der Waals surface area contributed by atoms with E-state index in [9.17, 15) is 18.9 Å². The van der Waals surface area contributed by atoms with Crippen LogP contribution in [0.2, 0.25) is 0 Å². The fourth-order valence-electron chi connectivity index (χ4n) is 3.78. The van der Waals surface area contributed by atoms with Gasteiger partial charge in [-0.25, -0.2) is 0 Å². The van der Waals surface area contributed by atoms with Crippen molar-refractivity contribution in [2.75, 3.05) is 53.7 Å². The van der Waals surface area contributed by atoms with Crippen molar-refractivity contribution in [2.24, 2.45) is 0 Å². The molecule has 0 aliphatic carbocycles. The molecule has 0 spiro atoms. The third-order valence-electron chi connectivity index (χ3n) is 5.60. The minimum absolute atomic E-state index is 0.219. The van der Waals surface area contributed by atoms with Crippen LogP contribution >= 0.6 is 15.2 Å². The van der Waals surface area contributed by atoms with Gasteiger partial charge >= 0.3 is 15.2 Å². The lowest BCUT2D eigenvalue weighted by Crippen LogP contribution is -2.29. The lowest BCUT2D eigenvalue weighted by atomic mass is 10.2. The predicted molar refractivity (Wildman–Crippen MR) is 134 cm³/mol. The maximum Gasteiger partial charge on any atom is 0.349 e. The molecule has 0 radical (unpaired) electrons. The zero-order valence-electron chi connectivity index (χ0n) is 20.4. The Labute approximate surface area is 211 Å². The number of nitrogens with one attached hydrogen (secondary N) is 2. The molecule has 0 fully saturated rings. The highest BCUT2D eigenvalue weighted by Crippen LogP contribution is 2.57. The summed E-state index contributed by atoms with van der Waals surface area (Å²) in [5.41, 5.74) is 0.960. The van der Waals surface area contributed by atoms with E-state index in [0.717, 1.165) is 0 Å². The number of para-hydroxylation sites is 2. The van der Waals surface area contributed by atoms with Gasteiger partial charge in [0.2, 0.25) is 0 Å². The topological polar surface area (TPSA) is 145 Å². The second kappa shape index (κ2) is 13.7. The minimum atomic E-state index is -4.09. The lowest BCUT2D eigenvalue weighted by molar-refractivity contribution is 0.0758. The average molecular weight is 544 g/mol. The van der Waals surface area contributed by atoms with E-state index >= 15 is 0 Å². The van der Waals surface area contributed by atoms with E-state index in [-0.39, 0.29) is 26.4 Å². The Morgan fingerprint density at radius 3 is 1.58 bits per heavy atom. The fourth-order valence-corrected chi connectivity index (χ4v) is 6.05. The van der Waals surface area contributed by atoms with Gasteiger partial charge in [-0.05, 0) is 31.6 Å². The Morgan fingerprint density at radius 2 is 1.17 bits per heavy atom. The maximum absolute atomic E-state index is 12.9. The number of rotatable bonds is 4. The standard InChI is InChI=1S/C23H34N2O9P2/c1-30-35(26,27)22-18-8-3-5-10-20(18)33-16-14-32-15-17-34-21-11-6-4-9-19(21)23(36(28,29)31-2)25-13-7-12-24-22/h3-6,8-11,22-25H,7,12-17H2,1-2H3,(H,26,27)(H,28,29). The molecule has 4 atom stereocenters. The first-order chi connectivity index (χ1) is 17.3. The predicted octanol–water partition coefficient (Wildman–Crippen LogP) is 3.40. The van der Waals surface area contributed by atoms with Crippen LogP contribution in [0.25, 0.3) is 0 Å². The summed E-state index contributed by atoms with van der Waals surface area (Å²) in [6, 6.07) is 13.9. The molecule has 2 aromatic carbocycles. The van der Waals surface area contributed by atoms with Crippen LogP contribution in [0.4, 0.5) is 0 Å². The summed E-state index contributed by atoms with van der Waals surface area (Å²) in [5, 5.41) is 6.16. The van der Waals surface area contributed by atoms with Crippen LogP contribution in [0.3, 0.4) is 0 Å². The highest BCUT2D eigenvalue weighted by atomic mass is 31.2. The summed E-state index contributed by atoms with van der Waals surface area (Å²) in [5.74, 6) is -1.19. The van der Waals surface area contributed by atoms with E-state index in [1.54, 1.807) is 48.5 Å². The van der Waals surface area contributed by atoms with Crippen LogP contribution in [0, 0.1) is 0 Å². The molecule has 3 rings (SSSR count). The molecule has 0 saturated carbocycles. The van der Waals surface area contributed by atoms with E-state index in [1.807, 2.05) is 0 Å². The Bertz CT molecular complexity index is 990. The Balaban J connectivity index is 1.85. The summed E-state index contributed by atoms with van der Waals surface area (Å²) in [4.78, 5) is 21.0. The van der Waals surface area contributed by atoms with E-state index in [4.69, 9.17) is 23.3 Å². The first kappa shape index (κ1) is 28.8. The number of hydrogen-bond acceptors (Lipinski definition) is 9. The summed E-state index contributed by atoms with van der Waals surface area (Å²) >= 11 is 0. The van der Waals surface area contributed by atoms with Crippen LogP contribution < -0.4 is 20.1 Å². The molecule has 4 unspecified atom stereocenters. The van der Waals surface area contributed by atoms with Gasteiger partial charge in [0.15, 0.2) is 0 Å². The van der Waals surface area contributed by atoms with Crippen molar-refractivity contribution >= 4 is 15.2 Å². The molecule has 13 heteroatoms. The summed E-state index contributed by atoms with van der Waals surface area (Å²) in [6.45, 7) is 1.57. The third-order valence-corrected chi connectivity index (χ3v) is 8.88. The molecule has 0 bridgehead atoms. The Hall–Kier alpha value is -1.78. The molecular weight excluding hydrogens is 510 g/mol. The van der Waals surface area contributed by atoms with Gasteiger partial charge in [-0.2, -0.15) is 0 Å². The Morgan fingerprint density at radius 1 is 0.750 bits per heavy atom. The zero-order chi connectivity index (χ0) is 26.0. The zero-order valence-corrected chi connectivity index (χ0v) is 22.2. The smallest absolute Gasteiger partial charge is 0.349 e. The first-order valence-electron chi connectivity index (χ1n) is 11.5. The van der Waals surface area contributed by atoms with Crippen molar-refractivity contribution < 1.29 is 42.2 Å². The third kappa shape index (κ3) is 7.61. The first-order valence-corrected chi connectivity index (χ1v) is 14.8. The van der Waals surface area contributed by atoms with E-state index < -0.39 is 26.8 Å². The van der Waals surface area contributed by atoms with E-state index in [0.29, 0.717) is 42.1 Å². The molecule has 11 nitrogen and oxygen atoms in total. The molecule has 0 saturated heterocycles. The second-order valence-electron chi connectivity index (χ2n) is 7.95. The van der Waals surface area contributed by atoms with E-state index in [2.05, 4.69) is 10.6 Å². The van der Waals surface area contributed by atoms with Crippen LogP contribution in [0.15, 0.2) is 48.5 Å². The van der Waals surface area contributed by atoms with Crippen molar-refractivity contribution in [3.8, 4) is 11.5 Å². The van der Waals surface area contributed by atoms with Crippen molar-refractivity contribution in [3.05, 3.63) is 59.7 Å². The van der Waals surface area contributed by atoms with Crippen molar-refractivity contribution in [3.63, 3.8) is 0 Å². The quantitative estimate of drug-likeness (QED) is 0.420. The summed E-state index contributed by atoms with van der Waals surface area (Å²) in [6.07, 6.45) is 0.459. The van der Waals surface area contributed by atoms with Gasteiger partial charge in [0, 0.05) is 25.3 Å². The van der Waals surface area contributed by atoms with Gasteiger partial charge in [0.1, 0.15) is 36.3 Å². The normalized spacial score (nSPS) is 23.8. The molecule has 1 aliphatic rings. The van der Waals surface area contributed by atoms with Gasteiger partial charge in [-0.3, -0.25) is 19.8 Å². The largest absolute Gasteiger partial charge is 0.491 e. The average Bonchev–Trinajstić information content (AvgIpc) is 2.88. The van der Waals surface area contributed by atoms with Gasteiger partial charge < -0.3 is 33.0 Å². The van der Waals surface area contributed by atoms with Crippen molar-refractivity contribution in [2.45, 2.75) is 18.0 Å². The summed E-state index contributed by atoms with van der Waals surface area (Å²) in [7, 11) is -5.81. The molecular formula is C23H34N2O9P2. The van der Waals surface area contributed by atoms with Gasteiger partial charge in [-0.1, -0.05) is 36.4 Å². The molecule has 1 heterocycles. The highest BCUT2D eigenvalue weighted by Gasteiger charge is 2.36. The van der Waals surface area contributed by atoms with Crippen LogP contribution in [-0.4, -0.2) is 63.5 Å². The van der Waals surface area contributed by atoms with Gasteiger partial charge in [-0.15, -0.1) is 0 Å². The van der Waals surface area contributed by atoms with Gasteiger partial charge in [0.05, 0.1) is 13.2 Å². The Kier molecular flexibility index (Phi) is 10.9.